The van der Waals surface area contributed by atoms with Crippen LogP contribution in [-0.2, 0) is 10.0 Å². The number of nitrogens with two attached hydrogens (primary N) is 1. The van der Waals surface area contributed by atoms with E-state index in [4.69, 9.17) is 10.5 Å². The number of sulfonamides is 1. The molecule has 22 heavy (non-hydrogen) atoms. The number of rotatable bonds is 9. The second-order valence-electron chi connectivity index (χ2n) is 5.74. The predicted octanol–water partition coefficient (Wildman–Crippen LogP) is 1.94. The van der Waals surface area contributed by atoms with Gasteiger partial charge in [-0.3, -0.25) is 0 Å². The fourth-order valence-corrected chi connectivity index (χ4v) is 3.40. The summed E-state index contributed by atoms with van der Waals surface area (Å²) < 4.78 is 45.5. The molecule has 1 fully saturated rings. The lowest BCUT2D eigenvalue weighted by Crippen LogP contribution is -2.30. The summed E-state index contributed by atoms with van der Waals surface area (Å²) in [4.78, 5) is 0. The lowest BCUT2D eigenvalue weighted by molar-refractivity contribution is 0.285. The molecule has 0 unspecified atom stereocenters. The number of nitrogens with one attached hydrogen (secondary N) is 1. The highest BCUT2D eigenvalue weighted by Gasteiger charge is 2.23. The minimum absolute atomic E-state index is 0.0138. The Balaban J connectivity index is 2.01. The zero-order valence-electron chi connectivity index (χ0n) is 12.7. The molecule has 0 spiro atoms. The van der Waals surface area contributed by atoms with Crippen LogP contribution < -0.4 is 15.2 Å². The zero-order valence-corrected chi connectivity index (χ0v) is 13.5. The van der Waals surface area contributed by atoms with E-state index in [-0.39, 0.29) is 11.5 Å². The molecule has 0 bridgehead atoms. The Hall–Kier alpha value is -1.18. The van der Waals surface area contributed by atoms with Gasteiger partial charge in [0.1, 0.15) is 0 Å². The molecule has 7 heteroatoms. The molecule has 0 radical (unpaired) electrons. The summed E-state index contributed by atoms with van der Waals surface area (Å²) in [5.41, 5.74) is 6.00. The van der Waals surface area contributed by atoms with Crippen molar-refractivity contribution in [3.63, 3.8) is 0 Å². The quantitative estimate of drug-likeness (QED) is 0.725. The lowest BCUT2D eigenvalue weighted by Gasteiger charge is -2.16. The molecule has 0 saturated heterocycles. The minimum atomic E-state index is -3.39. The van der Waals surface area contributed by atoms with Crippen LogP contribution in [0.5, 0.6) is 5.75 Å². The molecule has 1 atom stereocenters. The third-order valence-electron chi connectivity index (χ3n) is 3.60. The summed E-state index contributed by atoms with van der Waals surface area (Å²) in [5.74, 6) is 0.260. The van der Waals surface area contributed by atoms with E-state index in [1.807, 2.05) is 0 Å². The largest absolute Gasteiger partial charge is 0.490 e. The van der Waals surface area contributed by atoms with Crippen LogP contribution in [0.1, 0.15) is 37.8 Å². The summed E-state index contributed by atoms with van der Waals surface area (Å²) in [6.07, 6.45) is 2.65. The summed E-state index contributed by atoms with van der Waals surface area (Å²) in [6, 6.07) is 3.98. The van der Waals surface area contributed by atoms with Gasteiger partial charge >= 0.3 is 0 Å². The van der Waals surface area contributed by atoms with Crippen molar-refractivity contribution in [1.82, 2.24) is 4.72 Å². The molecule has 1 aromatic rings. The van der Waals surface area contributed by atoms with Crippen LogP contribution in [0.3, 0.4) is 0 Å². The number of benzene rings is 1. The maximum atomic E-state index is 13.7. The van der Waals surface area contributed by atoms with E-state index < -0.39 is 21.9 Å². The average Bonchev–Trinajstić information content (AvgIpc) is 3.28. The van der Waals surface area contributed by atoms with Crippen LogP contribution in [0.4, 0.5) is 4.39 Å². The van der Waals surface area contributed by atoms with Crippen molar-refractivity contribution >= 4 is 10.0 Å². The molecule has 124 valence electrons. The summed E-state index contributed by atoms with van der Waals surface area (Å²) in [7, 11) is -3.39. The van der Waals surface area contributed by atoms with Gasteiger partial charge in [0.05, 0.1) is 12.4 Å². The molecule has 0 aliphatic heterocycles. The number of halogens is 1. The van der Waals surface area contributed by atoms with Gasteiger partial charge < -0.3 is 10.5 Å². The fraction of sp³-hybridized carbons (Fsp3) is 0.600. The van der Waals surface area contributed by atoms with E-state index in [0.717, 1.165) is 12.8 Å². The highest BCUT2D eigenvalue weighted by atomic mass is 32.2. The van der Waals surface area contributed by atoms with Gasteiger partial charge in [-0.25, -0.2) is 17.5 Å². The smallest absolute Gasteiger partial charge is 0.212 e. The molecule has 1 aromatic carbocycles. The van der Waals surface area contributed by atoms with Gasteiger partial charge in [-0.15, -0.1) is 0 Å². The van der Waals surface area contributed by atoms with Crippen LogP contribution in [0.15, 0.2) is 18.2 Å². The fourth-order valence-electron chi connectivity index (χ4n) is 2.06. The standard InChI is InChI=1S/C15H23FN2O3S/c1-11(18-22(19,20)8-2-7-17)13-5-6-14(16)15(9-13)21-10-12-3-4-12/h5-6,9,11-12,18H,2-4,7-8,10,17H2,1H3/t11-/m1/s1. The average molecular weight is 330 g/mol. The third kappa shape index (κ3) is 5.23. The molecular weight excluding hydrogens is 307 g/mol. The topological polar surface area (TPSA) is 81.4 Å². The predicted molar refractivity (Wildman–Crippen MR) is 83.6 cm³/mol. The lowest BCUT2D eigenvalue weighted by atomic mass is 10.1. The van der Waals surface area contributed by atoms with Gasteiger partial charge in [-0.05, 0) is 56.3 Å². The van der Waals surface area contributed by atoms with Crippen LogP contribution in [0.2, 0.25) is 0 Å². The van der Waals surface area contributed by atoms with Crippen molar-refractivity contribution in [1.29, 1.82) is 0 Å². The second-order valence-corrected chi connectivity index (χ2v) is 7.62. The molecule has 2 rings (SSSR count). The first-order valence-corrected chi connectivity index (χ1v) is 9.19. The van der Waals surface area contributed by atoms with Crippen LogP contribution in [-0.4, -0.2) is 27.3 Å². The highest BCUT2D eigenvalue weighted by molar-refractivity contribution is 7.89. The molecule has 0 amide bonds. The number of ether oxygens (including phenoxy) is 1. The van der Waals surface area contributed by atoms with Gasteiger partial charge in [0.2, 0.25) is 10.0 Å². The number of hydrogen-bond donors (Lipinski definition) is 2. The second kappa shape index (κ2) is 7.39. The van der Waals surface area contributed by atoms with Crippen molar-refractivity contribution < 1.29 is 17.5 Å². The van der Waals surface area contributed by atoms with E-state index >= 15 is 0 Å². The first kappa shape index (κ1) is 17.2. The Labute approximate surface area is 131 Å². The highest BCUT2D eigenvalue weighted by Crippen LogP contribution is 2.31. The molecule has 1 saturated carbocycles. The van der Waals surface area contributed by atoms with Crippen LogP contribution in [0, 0.1) is 11.7 Å². The van der Waals surface area contributed by atoms with E-state index in [9.17, 15) is 12.8 Å². The van der Waals surface area contributed by atoms with E-state index in [1.165, 1.54) is 6.07 Å². The van der Waals surface area contributed by atoms with Gasteiger partial charge in [-0.2, -0.15) is 0 Å². The number of hydrogen-bond acceptors (Lipinski definition) is 4. The molecule has 0 aromatic heterocycles. The van der Waals surface area contributed by atoms with Crippen molar-refractivity contribution in [2.75, 3.05) is 18.9 Å². The van der Waals surface area contributed by atoms with Crippen molar-refractivity contribution in [3.05, 3.63) is 29.6 Å². The minimum Gasteiger partial charge on any atom is -0.490 e. The van der Waals surface area contributed by atoms with E-state index in [0.29, 0.717) is 31.1 Å². The van der Waals surface area contributed by atoms with Gasteiger partial charge in [0.25, 0.3) is 0 Å². The van der Waals surface area contributed by atoms with Crippen molar-refractivity contribution in [3.8, 4) is 5.75 Å². The van der Waals surface area contributed by atoms with Gasteiger partial charge in [0.15, 0.2) is 11.6 Å². The molecular formula is C15H23FN2O3S. The van der Waals surface area contributed by atoms with Crippen molar-refractivity contribution in [2.24, 2.45) is 11.7 Å². The summed E-state index contributed by atoms with van der Waals surface area (Å²) in [6.45, 7) is 2.56. The van der Waals surface area contributed by atoms with Gasteiger partial charge in [0, 0.05) is 6.04 Å². The maximum Gasteiger partial charge on any atom is 0.212 e. The normalized spacial score (nSPS) is 16.5. The van der Waals surface area contributed by atoms with Crippen LogP contribution >= 0.6 is 0 Å². The SMILES string of the molecule is C[C@@H](NS(=O)(=O)CCCN)c1ccc(F)c(OCC2CC2)c1. The van der Waals surface area contributed by atoms with Gasteiger partial charge in [-0.1, -0.05) is 6.07 Å². The Morgan fingerprint density at radius 3 is 2.82 bits per heavy atom. The molecule has 1 aliphatic rings. The molecule has 0 heterocycles. The third-order valence-corrected chi connectivity index (χ3v) is 5.14. The van der Waals surface area contributed by atoms with Crippen molar-refractivity contribution in [2.45, 2.75) is 32.2 Å². The molecule has 5 nitrogen and oxygen atoms in total. The maximum absolute atomic E-state index is 13.7. The molecule has 3 N–H and O–H groups in total. The summed E-state index contributed by atoms with van der Waals surface area (Å²) in [5, 5.41) is 0. The van der Waals surface area contributed by atoms with E-state index in [1.54, 1.807) is 19.1 Å². The zero-order chi connectivity index (χ0) is 16.2. The molecule has 1 aliphatic carbocycles. The summed E-state index contributed by atoms with van der Waals surface area (Å²) >= 11 is 0. The Kier molecular flexibility index (Phi) is 5.77. The van der Waals surface area contributed by atoms with E-state index in [2.05, 4.69) is 4.72 Å². The Morgan fingerprint density at radius 1 is 1.45 bits per heavy atom. The van der Waals surface area contributed by atoms with Crippen LogP contribution in [0.25, 0.3) is 0 Å². The Bertz CT molecular complexity index is 603. The Morgan fingerprint density at radius 2 is 2.18 bits per heavy atom. The monoisotopic (exact) mass is 330 g/mol. The first-order valence-electron chi connectivity index (χ1n) is 7.53. The first-order chi connectivity index (χ1) is 10.4.